The molecule has 1 unspecified atom stereocenters. The molecule has 4 rings (SSSR count). The van der Waals surface area contributed by atoms with Crippen LogP contribution < -0.4 is 26.6 Å². The molecule has 1 heterocycles. The average molecular weight is 689 g/mol. The van der Waals surface area contributed by atoms with E-state index in [4.69, 9.17) is 18.9 Å². The Balaban J connectivity index is 1.19. The van der Waals surface area contributed by atoms with Gasteiger partial charge in [-0.1, -0.05) is 55.5 Å². The topological polar surface area (TPSA) is 173 Å². The van der Waals surface area contributed by atoms with Gasteiger partial charge in [-0.2, -0.15) is 15.0 Å². The normalized spacial score (nSPS) is 11.6. The first kappa shape index (κ1) is 38.1. The second-order valence-corrected chi connectivity index (χ2v) is 10.9. The van der Waals surface area contributed by atoms with E-state index in [1.54, 1.807) is 12.1 Å². The minimum absolute atomic E-state index is 0.126. The Bertz CT molecular complexity index is 1500. The number of amides is 1. The van der Waals surface area contributed by atoms with Crippen LogP contribution in [0.25, 0.3) is 0 Å². The van der Waals surface area contributed by atoms with Gasteiger partial charge in [0.05, 0.1) is 46.2 Å². The number of aliphatic hydroxyl groups excluding tert-OH is 1. The number of carbonyl (C=O) groups excluding carboxylic acids is 1. The maximum absolute atomic E-state index is 12.1. The summed E-state index contributed by atoms with van der Waals surface area (Å²) in [5.74, 6) is 0.935. The van der Waals surface area contributed by atoms with Crippen LogP contribution in [0.2, 0.25) is 0 Å². The minimum atomic E-state index is -0.833. The molecule has 0 fully saturated rings. The third kappa shape index (κ3) is 14.8. The fraction of sp³-hybridized carbons (Fsp3) is 0.389. The number of hydrogen-bond donors (Lipinski definition) is 6. The lowest BCUT2D eigenvalue weighted by Gasteiger charge is -2.15. The maximum Gasteiger partial charge on any atom is 0.251 e. The summed E-state index contributed by atoms with van der Waals surface area (Å²) in [6.45, 7) is 7.35. The molecule has 0 aliphatic heterocycles. The summed E-state index contributed by atoms with van der Waals surface area (Å²) in [5.41, 5.74) is 2.90. The van der Waals surface area contributed by atoms with Crippen LogP contribution in [0, 0.1) is 0 Å². The Labute approximate surface area is 293 Å². The SMILES string of the molecule is CCCOCCOCCNC(O)c1ccc(Nc2nc(NCCOCCOCCNC(=O)c3ccccc3)nc(Nc3ccccc3)n2)cc1. The van der Waals surface area contributed by atoms with Gasteiger partial charge in [-0.05, 0) is 48.4 Å². The second kappa shape index (κ2) is 22.8. The highest BCUT2D eigenvalue weighted by Gasteiger charge is 2.10. The Morgan fingerprint density at radius 1 is 0.620 bits per heavy atom. The van der Waals surface area contributed by atoms with Gasteiger partial charge < -0.3 is 45.3 Å². The number of rotatable bonds is 25. The van der Waals surface area contributed by atoms with Crippen molar-refractivity contribution in [2.75, 3.05) is 88.4 Å². The summed E-state index contributed by atoms with van der Waals surface area (Å²) in [6.07, 6.45) is 0.151. The van der Waals surface area contributed by atoms with Gasteiger partial charge in [-0.3, -0.25) is 10.1 Å². The van der Waals surface area contributed by atoms with E-state index in [9.17, 15) is 9.90 Å². The summed E-state index contributed by atoms with van der Waals surface area (Å²) >= 11 is 0. The molecule has 0 spiro atoms. The molecule has 0 aliphatic carbocycles. The van der Waals surface area contributed by atoms with Crippen LogP contribution in [0.5, 0.6) is 0 Å². The zero-order valence-corrected chi connectivity index (χ0v) is 28.5. The van der Waals surface area contributed by atoms with E-state index in [0.29, 0.717) is 94.9 Å². The molecule has 1 amide bonds. The van der Waals surface area contributed by atoms with Crippen molar-refractivity contribution >= 4 is 35.1 Å². The molecule has 0 bridgehead atoms. The third-order valence-electron chi connectivity index (χ3n) is 6.92. The molecule has 50 heavy (non-hydrogen) atoms. The van der Waals surface area contributed by atoms with Gasteiger partial charge in [0.1, 0.15) is 6.23 Å². The van der Waals surface area contributed by atoms with Gasteiger partial charge in [-0.15, -0.1) is 0 Å². The lowest BCUT2D eigenvalue weighted by Crippen LogP contribution is -2.27. The molecule has 3 aromatic carbocycles. The number of nitrogens with one attached hydrogen (secondary N) is 5. The molecule has 1 atom stereocenters. The summed E-state index contributed by atoms with van der Waals surface area (Å²) in [7, 11) is 0. The summed E-state index contributed by atoms with van der Waals surface area (Å²) in [5, 5.41) is 26.0. The van der Waals surface area contributed by atoms with Crippen LogP contribution in [0.4, 0.5) is 29.2 Å². The van der Waals surface area contributed by atoms with Gasteiger partial charge >= 0.3 is 0 Å². The molecule has 14 heteroatoms. The largest absolute Gasteiger partial charge is 0.379 e. The van der Waals surface area contributed by atoms with E-state index >= 15 is 0 Å². The Kier molecular flexibility index (Phi) is 17.4. The van der Waals surface area contributed by atoms with Crippen molar-refractivity contribution in [3.63, 3.8) is 0 Å². The van der Waals surface area contributed by atoms with E-state index in [1.807, 2.05) is 72.8 Å². The smallest absolute Gasteiger partial charge is 0.251 e. The van der Waals surface area contributed by atoms with Crippen LogP contribution >= 0.6 is 0 Å². The fourth-order valence-electron chi connectivity index (χ4n) is 4.43. The predicted molar refractivity (Wildman–Crippen MR) is 193 cm³/mol. The van der Waals surface area contributed by atoms with Crippen molar-refractivity contribution in [2.45, 2.75) is 19.6 Å². The number of aliphatic hydroxyl groups is 1. The molecule has 268 valence electrons. The van der Waals surface area contributed by atoms with Crippen LogP contribution in [0.1, 0.15) is 35.5 Å². The molecule has 1 aromatic heterocycles. The van der Waals surface area contributed by atoms with Crippen molar-refractivity contribution in [1.29, 1.82) is 0 Å². The van der Waals surface area contributed by atoms with Gasteiger partial charge in [0.2, 0.25) is 17.8 Å². The summed E-state index contributed by atoms with van der Waals surface area (Å²) in [4.78, 5) is 25.6. The van der Waals surface area contributed by atoms with E-state index in [2.05, 4.69) is 48.5 Å². The lowest BCUT2D eigenvalue weighted by molar-refractivity contribution is 0.0429. The first-order valence-corrected chi connectivity index (χ1v) is 16.9. The monoisotopic (exact) mass is 688 g/mol. The van der Waals surface area contributed by atoms with Crippen molar-refractivity contribution in [1.82, 2.24) is 25.6 Å². The number of benzene rings is 3. The van der Waals surface area contributed by atoms with E-state index in [-0.39, 0.29) is 5.91 Å². The standard InChI is InChI=1S/C36H48N8O6/c1-2-20-47-24-25-48-22-18-38-33(46)29-13-15-31(16-14-29)41-36-43-34(42-35(44-36)40-30-11-7-4-8-12-30)39-19-23-50-27-26-49-21-17-37-32(45)28-9-5-3-6-10-28/h3-16,33,38,46H,2,17-27H2,1H3,(H,37,45)(H3,39,40,41,42,43,44). The molecule has 14 nitrogen and oxygen atoms in total. The van der Waals surface area contributed by atoms with Gasteiger partial charge in [0, 0.05) is 43.2 Å². The summed E-state index contributed by atoms with van der Waals surface area (Å²) < 4.78 is 22.1. The molecular weight excluding hydrogens is 640 g/mol. The molecular formula is C36H48N8O6. The second-order valence-electron chi connectivity index (χ2n) is 10.9. The van der Waals surface area contributed by atoms with Gasteiger partial charge in [0.15, 0.2) is 0 Å². The van der Waals surface area contributed by atoms with E-state index in [1.165, 1.54) is 0 Å². The molecule has 0 aliphatic rings. The molecule has 0 saturated heterocycles. The maximum atomic E-state index is 12.1. The van der Waals surface area contributed by atoms with Gasteiger partial charge in [0.25, 0.3) is 5.91 Å². The van der Waals surface area contributed by atoms with Crippen LogP contribution in [-0.2, 0) is 18.9 Å². The highest BCUT2D eigenvalue weighted by molar-refractivity contribution is 5.94. The Morgan fingerprint density at radius 3 is 1.76 bits per heavy atom. The number of nitrogens with zero attached hydrogens (tertiary/aromatic N) is 3. The fourth-order valence-corrected chi connectivity index (χ4v) is 4.43. The number of ether oxygens (including phenoxy) is 4. The average Bonchev–Trinajstić information content (AvgIpc) is 3.14. The van der Waals surface area contributed by atoms with Crippen molar-refractivity contribution in [3.05, 3.63) is 96.1 Å². The Hall–Kier alpha value is -4.70. The molecule has 4 aromatic rings. The zero-order valence-electron chi connectivity index (χ0n) is 28.5. The third-order valence-corrected chi connectivity index (χ3v) is 6.92. The molecule has 6 N–H and O–H groups in total. The first-order chi connectivity index (χ1) is 24.6. The first-order valence-electron chi connectivity index (χ1n) is 16.9. The number of carbonyl (C=O) groups is 1. The van der Waals surface area contributed by atoms with E-state index in [0.717, 1.165) is 24.4 Å². The van der Waals surface area contributed by atoms with Crippen LogP contribution in [-0.4, -0.2) is 98.5 Å². The predicted octanol–water partition coefficient (Wildman–Crippen LogP) is 4.26. The number of aromatic nitrogens is 3. The van der Waals surface area contributed by atoms with Crippen LogP contribution in [0.3, 0.4) is 0 Å². The highest BCUT2D eigenvalue weighted by atomic mass is 16.5. The Morgan fingerprint density at radius 2 is 1.14 bits per heavy atom. The highest BCUT2D eigenvalue weighted by Crippen LogP contribution is 2.20. The lowest BCUT2D eigenvalue weighted by atomic mass is 10.2. The van der Waals surface area contributed by atoms with Crippen molar-refractivity contribution in [2.24, 2.45) is 0 Å². The number of para-hydroxylation sites is 1. The number of hydrogen-bond acceptors (Lipinski definition) is 13. The number of anilines is 5. The van der Waals surface area contributed by atoms with Crippen LogP contribution in [0.15, 0.2) is 84.9 Å². The molecule has 0 radical (unpaired) electrons. The summed E-state index contributed by atoms with van der Waals surface area (Å²) in [6, 6.07) is 26.0. The quantitative estimate of drug-likeness (QED) is 0.0431. The minimum Gasteiger partial charge on any atom is -0.379 e. The van der Waals surface area contributed by atoms with Crippen molar-refractivity contribution in [3.8, 4) is 0 Å². The zero-order chi connectivity index (χ0) is 35.1. The van der Waals surface area contributed by atoms with Crippen molar-refractivity contribution < 1.29 is 28.8 Å². The van der Waals surface area contributed by atoms with E-state index < -0.39 is 6.23 Å². The molecule has 0 saturated carbocycles. The van der Waals surface area contributed by atoms with Gasteiger partial charge in [-0.25, -0.2) is 0 Å².